The first-order valence-electron chi connectivity index (χ1n) is 7.67. The van der Waals surface area contributed by atoms with E-state index in [0.29, 0.717) is 10.7 Å². The van der Waals surface area contributed by atoms with Crippen LogP contribution in [0.5, 0.6) is 0 Å². The predicted molar refractivity (Wildman–Crippen MR) is 91.8 cm³/mol. The Hall–Kier alpha value is -2.34. The third kappa shape index (κ3) is 3.71. The lowest BCUT2D eigenvalue weighted by atomic mass is 9.97. The van der Waals surface area contributed by atoms with Gasteiger partial charge in [-0.1, -0.05) is 6.07 Å². The third-order valence-corrected chi connectivity index (χ3v) is 4.31. The average Bonchev–Trinajstić information content (AvgIpc) is 2.63. The molecule has 0 saturated carbocycles. The van der Waals surface area contributed by atoms with E-state index in [4.69, 9.17) is 12.2 Å². The van der Waals surface area contributed by atoms with Crippen LogP contribution in [-0.4, -0.2) is 32.4 Å². The van der Waals surface area contributed by atoms with Crippen LogP contribution in [0.3, 0.4) is 0 Å². The van der Waals surface area contributed by atoms with Crippen molar-refractivity contribution < 1.29 is 4.79 Å². The number of nitrogens with zero attached hydrogens (tertiary/aromatic N) is 3. The maximum atomic E-state index is 12.3. The maximum Gasteiger partial charge on any atom is 0.258 e. The van der Waals surface area contributed by atoms with Crippen molar-refractivity contribution in [3.05, 3.63) is 60.2 Å². The zero-order chi connectivity index (χ0) is 16.1. The minimum Gasteiger partial charge on any atom is -0.342 e. The van der Waals surface area contributed by atoms with Crippen LogP contribution >= 0.6 is 12.2 Å². The van der Waals surface area contributed by atoms with E-state index in [1.807, 2.05) is 12.3 Å². The highest BCUT2D eigenvalue weighted by Crippen LogP contribution is 2.30. The molecule has 0 spiro atoms. The van der Waals surface area contributed by atoms with Gasteiger partial charge in [0, 0.05) is 31.3 Å². The summed E-state index contributed by atoms with van der Waals surface area (Å²) in [6.45, 7) is 0.839. The van der Waals surface area contributed by atoms with Gasteiger partial charge in [-0.15, -0.1) is 0 Å². The van der Waals surface area contributed by atoms with Gasteiger partial charge in [0.15, 0.2) is 5.11 Å². The Morgan fingerprint density at radius 1 is 1.17 bits per heavy atom. The zero-order valence-electron chi connectivity index (χ0n) is 12.7. The van der Waals surface area contributed by atoms with Gasteiger partial charge in [-0.05, 0) is 55.2 Å². The highest BCUT2D eigenvalue weighted by molar-refractivity contribution is 7.80. The van der Waals surface area contributed by atoms with Gasteiger partial charge in [-0.3, -0.25) is 20.1 Å². The monoisotopic (exact) mass is 326 g/mol. The maximum absolute atomic E-state index is 12.3. The lowest BCUT2D eigenvalue weighted by Crippen LogP contribution is -2.46. The molecule has 1 aliphatic rings. The van der Waals surface area contributed by atoms with E-state index in [9.17, 15) is 4.79 Å². The van der Waals surface area contributed by atoms with Crippen LogP contribution < -0.4 is 5.32 Å². The SMILES string of the molecule is O=C(NC(=S)N1CCCC[C@H]1c1cccnc1)c1cccnc1. The third-order valence-electron chi connectivity index (χ3n) is 3.98. The number of carbonyl (C=O) groups excluding carboxylic acids is 1. The highest BCUT2D eigenvalue weighted by atomic mass is 32.1. The molecule has 0 radical (unpaired) electrons. The molecule has 23 heavy (non-hydrogen) atoms. The number of thiocarbonyl (C=S) groups is 1. The molecule has 1 atom stereocenters. The molecule has 6 heteroatoms. The number of piperidine rings is 1. The number of amides is 1. The molecule has 2 aromatic heterocycles. The van der Waals surface area contributed by atoms with Crippen LogP contribution in [0.2, 0.25) is 0 Å². The van der Waals surface area contributed by atoms with Gasteiger partial charge in [0.2, 0.25) is 0 Å². The first-order valence-corrected chi connectivity index (χ1v) is 8.08. The predicted octanol–water partition coefficient (Wildman–Crippen LogP) is 2.72. The minimum atomic E-state index is -0.224. The molecule has 0 aliphatic carbocycles. The van der Waals surface area contributed by atoms with Gasteiger partial charge in [0.1, 0.15) is 0 Å². The summed E-state index contributed by atoms with van der Waals surface area (Å²) in [7, 11) is 0. The average molecular weight is 326 g/mol. The van der Waals surface area contributed by atoms with Crippen LogP contribution in [0.1, 0.15) is 41.2 Å². The van der Waals surface area contributed by atoms with Crippen molar-refractivity contribution in [2.75, 3.05) is 6.54 Å². The molecule has 2 aromatic rings. The number of hydrogen-bond acceptors (Lipinski definition) is 4. The number of aromatic nitrogens is 2. The van der Waals surface area contributed by atoms with E-state index in [-0.39, 0.29) is 11.9 Å². The van der Waals surface area contributed by atoms with Gasteiger partial charge in [-0.25, -0.2) is 0 Å². The molecule has 1 saturated heterocycles. The van der Waals surface area contributed by atoms with Gasteiger partial charge < -0.3 is 4.90 Å². The van der Waals surface area contributed by atoms with Crippen LogP contribution in [0.4, 0.5) is 0 Å². The Balaban J connectivity index is 1.73. The lowest BCUT2D eigenvalue weighted by molar-refractivity contribution is 0.0969. The van der Waals surface area contributed by atoms with Crippen molar-refractivity contribution in [3.63, 3.8) is 0 Å². The zero-order valence-corrected chi connectivity index (χ0v) is 13.5. The molecule has 5 nitrogen and oxygen atoms in total. The minimum absolute atomic E-state index is 0.166. The summed E-state index contributed by atoms with van der Waals surface area (Å²) >= 11 is 5.48. The summed E-state index contributed by atoms with van der Waals surface area (Å²) in [4.78, 5) is 22.5. The summed E-state index contributed by atoms with van der Waals surface area (Å²) < 4.78 is 0. The second kappa shape index (κ2) is 7.28. The van der Waals surface area contributed by atoms with Crippen LogP contribution in [0.15, 0.2) is 49.1 Å². The first kappa shape index (κ1) is 15.6. The first-order chi connectivity index (χ1) is 11.3. The quantitative estimate of drug-likeness (QED) is 0.860. The standard InChI is InChI=1S/C17H18N4OS/c22-16(14-6-4-9-19-12-14)20-17(23)21-10-2-1-7-15(21)13-5-3-8-18-11-13/h3-6,8-9,11-12,15H,1-2,7,10H2,(H,20,22,23)/t15-/m0/s1. The summed E-state index contributed by atoms with van der Waals surface area (Å²) in [5.74, 6) is -0.224. The van der Waals surface area contributed by atoms with Gasteiger partial charge in [0.05, 0.1) is 11.6 Å². The molecular formula is C17H18N4OS. The molecule has 1 fully saturated rings. The Labute approximate surface area is 140 Å². The Morgan fingerprint density at radius 3 is 2.65 bits per heavy atom. The molecule has 1 amide bonds. The number of pyridine rings is 2. The van der Waals surface area contributed by atoms with Gasteiger partial charge in [-0.2, -0.15) is 0 Å². The van der Waals surface area contributed by atoms with E-state index >= 15 is 0 Å². The molecule has 0 unspecified atom stereocenters. The molecule has 0 bridgehead atoms. The fourth-order valence-corrected chi connectivity index (χ4v) is 3.14. The van der Waals surface area contributed by atoms with Crippen molar-refractivity contribution in [3.8, 4) is 0 Å². The Morgan fingerprint density at radius 2 is 1.96 bits per heavy atom. The number of nitrogens with one attached hydrogen (secondary N) is 1. The van der Waals surface area contributed by atoms with Crippen LogP contribution in [0, 0.1) is 0 Å². The number of rotatable bonds is 2. The van der Waals surface area contributed by atoms with E-state index < -0.39 is 0 Å². The Bertz CT molecular complexity index is 678. The lowest BCUT2D eigenvalue weighted by Gasteiger charge is -2.37. The second-order valence-electron chi connectivity index (χ2n) is 5.49. The molecule has 1 aliphatic heterocycles. The summed E-state index contributed by atoms with van der Waals surface area (Å²) in [5, 5.41) is 3.29. The van der Waals surface area contributed by atoms with Gasteiger partial charge in [0.25, 0.3) is 5.91 Å². The van der Waals surface area contributed by atoms with Gasteiger partial charge >= 0.3 is 0 Å². The summed E-state index contributed by atoms with van der Waals surface area (Å²) in [6, 6.07) is 7.61. The van der Waals surface area contributed by atoms with Crippen molar-refractivity contribution in [2.45, 2.75) is 25.3 Å². The fourth-order valence-electron chi connectivity index (χ4n) is 2.83. The highest BCUT2D eigenvalue weighted by Gasteiger charge is 2.27. The van der Waals surface area contributed by atoms with E-state index in [0.717, 1.165) is 31.4 Å². The van der Waals surface area contributed by atoms with Crippen LogP contribution in [0.25, 0.3) is 0 Å². The molecule has 3 rings (SSSR count). The smallest absolute Gasteiger partial charge is 0.258 e. The summed E-state index contributed by atoms with van der Waals surface area (Å²) in [5.41, 5.74) is 1.63. The molecule has 1 N–H and O–H groups in total. The van der Waals surface area contributed by atoms with Crippen molar-refractivity contribution in [1.29, 1.82) is 0 Å². The molecular weight excluding hydrogens is 308 g/mol. The molecule has 0 aromatic carbocycles. The van der Waals surface area contributed by atoms with E-state index in [2.05, 4.69) is 26.3 Å². The molecule has 118 valence electrons. The normalized spacial score (nSPS) is 17.6. The second-order valence-corrected chi connectivity index (χ2v) is 5.88. The largest absolute Gasteiger partial charge is 0.342 e. The number of hydrogen-bond donors (Lipinski definition) is 1. The fraction of sp³-hybridized carbons (Fsp3) is 0.294. The summed E-state index contributed by atoms with van der Waals surface area (Å²) in [6.07, 6.45) is 10.0. The van der Waals surface area contributed by atoms with E-state index in [1.54, 1.807) is 24.5 Å². The van der Waals surface area contributed by atoms with Crippen molar-refractivity contribution >= 4 is 23.2 Å². The van der Waals surface area contributed by atoms with Crippen molar-refractivity contribution in [1.82, 2.24) is 20.2 Å². The topological polar surface area (TPSA) is 58.1 Å². The van der Waals surface area contributed by atoms with Crippen LogP contribution in [-0.2, 0) is 0 Å². The number of likely N-dealkylation sites (tertiary alicyclic amines) is 1. The molecule has 3 heterocycles. The Kier molecular flexibility index (Phi) is 4.92. The van der Waals surface area contributed by atoms with E-state index in [1.165, 1.54) is 6.20 Å². The number of carbonyl (C=O) groups is 1. The van der Waals surface area contributed by atoms with Crippen molar-refractivity contribution in [2.24, 2.45) is 0 Å².